The molecule has 0 N–H and O–H groups in total. The first-order chi connectivity index (χ1) is 6.31. The van der Waals surface area contributed by atoms with E-state index >= 15 is 0 Å². The molecule has 0 aromatic carbocycles. The van der Waals surface area contributed by atoms with Crippen LogP contribution in [0.2, 0.25) is 0 Å². The van der Waals surface area contributed by atoms with Gasteiger partial charge in [-0.15, -0.1) is 0 Å². The van der Waals surface area contributed by atoms with Crippen LogP contribution in [0.1, 0.15) is 31.0 Å². The molecule has 40 valence electrons. The van der Waals surface area contributed by atoms with Crippen LogP contribution in [0.5, 0.6) is 0 Å². The van der Waals surface area contributed by atoms with Gasteiger partial charge in [-0.05, 0) is 13.7 Å². The Bertz CT molecular complexity index is 256. The molecule has 0 rings (SSSR count). The van der Waals surface area contributed by atoms with Crippen LogP contribution in [0, 0.1) is 0 Å². The summed E-state index contributed by atoms with van der Waals surface area (Å²) in [5.74, 6) is -4.03. The summed E-state index contributed by atoms with van der Waals surface area (Å²) in [7, 11) is 0. The lowest BCUT2D eigenvalue weighted by atomic mass is 10.2. The van der Waals surface area contributed by atoms with Crippen molar-refractivity contribution in [3.8, 4) is 0 Å². The second-order valence-corrected chi connectivity index (χ2v) is 0.783. The van der Waals surface area contributed by atoms with Crippen LogP contribution in [0.3, 0.4) is 0 Å². The van der Waals surface area contributed by atoms with E-state index in [2.05, 4.69) is 0 Å². The summed E-state index contributed by atoms with van der Waals surface area (Å²) in [4.78, 5) is 21.9. The Morgan fingerprint density at radius 2 is 2.00 bits per heavy atom. The summed E-state index contributed by atoms with van der Waals surface area (Å²) in [6.45, 7) is -6.69. The van der Waals surface area contributed by atoms with Gasteiger partial charge >= 0.3 is 0 Å². The number of Topliss-reactive ketones (excluding diaryl/α,β-unsaturated/α-hetero) is 2. The van der Waals surface area contributed by atoms with Crippen LogP contribution in [0.4, 0.5) is 0 Å². The Morgan fingerprint density at radius 1 is 1.57 bits per heavy atom. The van der Waals surface area contributed by atoms with Gasteiger partial charge in [-0.2, -0.15) is 0 Å². The van der Waals surface area contributed by atoms with Gasteiger partial charge in [0.15, 0.2) is 0 Å². The van der Waals surface area contributed by atoms with Crippen LogP contribution in [0.25, 0.3) is 0 Å². The van der Waals surface area contributed by atoms with Gasteiger partial charge in [0.25, 0.3) is 0 Å². The van der Waals surface area contributed by atoms with Crippen molar-refractivity contribution in [1.29, 1.82) is 0 Å². The van der Waals surface area contributed by atoms with Gasteiger partial charge in [0.1, 0.15) is 11.6 Å². The molecule has 0 saturated carbocycles. The lowest BCUT2D eigenvalue weighted by molar-refractivity contribution is -0.124. The molecule has 0 amide bonds. The fraction of sp³-hybridized carbons (Fsp3) is 0.600. The molecule has 7 heavy (non-hydrogen) atoms. The fourth-order valence-corrected chi connectivity index (χ4v) is 0.103. The lowest BCUT2D eigenvalue weighted by Crippen LogP contribution is -1.97. The number of ketones is 2. The van der Waals surface area contributed by atoms with Gasteiger partial charge < -0.3 is 0 Å². The minimum atomic E-state index is -3.52. The second-order valence-electron chi connectivity index (χ2n) is 0.783. The number of carbonyl (C=O) groups is 2. The Morgan fingerprint density at radius 3 is 2.29 bits per heavy atom. The summed E-state index contributed by atoms with van der Waals surface area (Å²) in [5, 5.41) is 0. The number of carbonyl (C=O) groups excluding carboxylic acids is 2. The van der Waals surface area contributed by atoms with Crippen LogP contribution < -0.4 is 0 Å². The van der Waals surface area contributed by atoms with Crippen molar-refractivity contribution in [3.63, 3.8) is 0 Å². The Kier molecular flexibility index (Phi) is 0.363. The van der Waals surface area contributed by atoms with Crippen molar-refractivity contribution < 1.29 is 20.6 Å². The van der Waals surface area contributed by atoms with E-state index in [1.165, 1.54) is 0 Å². The highest BCUT2D eigenvalue weighted by molar-refractivity contribution is 5.96. The fourth-order valence-electron chi connectivity index (χ4n) is 0.103. The largest absolute Gasteiger partial charge is 0.300 e. The van der Waals surface area contributed by atoms with Crippen LogP contribution in [-0.4, -0.2) is 11.6 Å². The van der Waals surface area contributed by atoms with Crippen molar-refractivity contribution in [1.82, 2.24) is 0 Å². The van der Waals surface area contributed by atoms with Gasteiger partial charge in [-0.3, -0.25) is 9.59 Å². The molecule has 0 aliphatic carbocycles. The zero-order valence-electron chi connectivity index (χ0n) is 11.3. The zero-order valence-corrected chi connectivity index (χ0v) is 3.32. The van der Waals surface area contributed by atoms with E-state index in [-0.39, 0.29) is 0 Å². The number of hydrogen-bond donors (Lipinski definition) is 0. The lowest BCUT2D eigenvalue weighted by Gasteiger charge is -1.81. The molecular weight excluding hydrogens is 92.1 g/mol. The first kappa shape index (κ1) is 1.02. The number of rotatable bonds is 2. The van der Waals surface area contributed by atoms with Gasteiger partial charge in [-0.25, -0.2) is 0 Å². The summed E-state index contributed by atoms with van der Waals surface area (Å²) in [6.07, 6.45) is -3.52. The van der Waals surface area contributed by atoms with Crippen molar-refractivity contribution in [2.75, 3.05) is 0 Å². The molecule has 0 radical (unpaired) electrons. The Balaban J connectivity index is 5.18. The molecule has 2 heteroatoms. The van der Waals surface area contributed by atoms with Gasteiger partial charge in [0, 0.05) is 11.0 Å². The summed E-state index contributed by atoms with van der Waals surface area (Å²) >= 11 is 0. The highest BCUT2D eigenvalue weighted by Gasteiger charge is 1.94. The van der Waals surface area contributed by atoms with Gasteiger partial charge in [0.2, 0.25) is 0 Å². The SMILES string of the molecule is [2H]C([2H])([2H])C(=O)C([2H])([2H])C(=O)C([2H])([2H])[2H]. The van der Waals surface area contributed by atoms with Crippen molar-refractivity contribution in [3.05, 3.63) is 0 Å². The molecule has 0 aliphatic heterocycles. The molecule has 0 spiro atoms. The maximum absolute atomic E-state index is 11.0. The molecule has 0 heterocycles. The third-order valence-electron chi connectivity index (χ3n) is 0.227. The predicted octanol–water partition coefficient (Wildman–Crippen LogP) is 0.554. The maximum atomic E-state index is 11.0. The second kappa shape index (κ2) is 2.50. The molecule has 0 saturated heterocycles. The number of hydrogen-bond acceptors (Lipinski definition) is 2. The molecule has 0 bridgehead atoms. The Hall–Kier alpha value is -0.660. The average molecular weight is 108 g/mol. The third kappa shape index (κ3) is 5.34. The minimum Gasteiger partial charge on any atom is -0.300 e. The van der Waals surface area contributed by atoms with Crippen LogP contribution in [-0.2, 0) is 9.59 Å². The van der Waals surface area contributed by atoms with E-state index in [9.17, 15) is 9.59 Å². The molecule has 2 nitrogen and oxygen atoms in total. The molecular formula is C5H8O2. The summed E-state index contributed by atoms with van der Waals surface area (Å²) in [5.41, 5.74) is 0. The maximum Gasteiger partial charge on any atom is 0.137 e. The topological polar surface area (TPSA) is 34.1 Å². The minimum absolute atomic E-state index is 2.02. The summed E-state index contributed by atoms with van der Waals surface area (Å²) < 4.78 is 53.4. The smallest absolute Gasteiger partial charge is 0.137 e. The molecule has 0 aromatic rings. The van der Waals surface area contributed by atoms with Crippen LogP contribution in [0.15, 0.2) is 0 Å². The standard InChI is InChI=1S/C5H8O2/c1-4(6)3-5(2)7/h3H2,1-2H3/i1D3,2D3,3D2. The van der Waals surface area contributed by atoms with E-state index in [4.69, 9.17) is 11.0 Å². The molecule has 0 aliphatic rings. The third-order valence-corrected chi connectivity index (χ3v) is 0.227. The molecule has 0 unspecified atom stereocenters. The van der Waals surface area contributed by atoms with Gasteiger partial charge in [-0.1, -0.05) is 0 Å². The molecule has 0 aromatic heterocycles. The normalized spacial score (nSPS) is 30.9. The van der Waals surface area contributed by atoms with E-state index < -0.39 is 31.6 Å². The zero-order chi connectivity index (χ0) is 12.7. The monoisotopic (exact) mass is 108 g/mol. The first-order valence-corrected chi connectivity index (χ1v) is 1.41. The van der Waals surface area contributed by atoms with E-state index in [0.29, 0.717) is 0 Å². The van der Waals surface area contributed by atoms with Crippen molar-refractivity contribution in [2.24, 2.45) is 0 Å². The highest BCUT2D eigenvalue weighted by atomic mass is 16.1. The first-order valence-electron chi connectivity index (χ1n) is 5.41. The summed E-state index contributed by atoms with van der Waals surface area (Å²) in [6, 6.07) is 0. The van der Waals surface area contributed by atoms with E-state index in [1.54, 1.807) is 0 Å². The Labute approximate surface area is 53.8 Å². The van der Waals surface area contributed by atoms with E-state index in [1.807, 2.05) is 0 Å². The quantitative estimate of drug-likeness (QED) is 0.484. The van der Waals surface area contributed by atoms with Crippen molar-refractivity contribution >= 4 is 11.6 Å². The van der Waals surface area contributed by atoms with Crippen LogP contribution >= 0.6 is 0 Å². The van der Waals surface area contributed by atoms with Crippen molar-refractivity contribution in [2.45, 2.75) is 20.1 Å². The predicted molar refractivity (Wildman–Crippen MR) is 26.0 cm³/mol. The molecule has 0 fully saturated rings. The average Bonchev–Trinajstić information content (AvgIpc) is 1.98. The highest BCUT2D eigenvalue weighted by Crippen LogP contribution is 1.80. The van der Waals surface area contributed by atoms with E-state index in [0.717, 1.165) is 0 Å². The molecule has 0 atom stereocenters. The van der Waals surface area contributed by atoms with Gasteiger partial charge in [0.05, 0.1) is 6.37 Å².